The summed E-state index contributed by atoms with van der Waals surface area (Å²) in [4.78, 5) is 58.0. The number of hydrogen-bond donors (Lipinski definition) is 2. The molecule has 0 bridgehead atoms. The minimum absolute atomic E-state index is 0.0753. The van der Waals surface area contributed by atoms with Crippen molar-refractivity contribution in [3.05, 3.63) is 102 Å². The van der Waals surface area contributed by atoms with Gasteiger partial charge in [-0.2, -0.15) is 0 Å². The number of phenols is 1. The second kappa shape index (κ2) is 15.3. The zero-order valence-electron chi connectivity index (χ0n) is 30.0. The van der Waals surface area contributed by atoms with Gasteiger partial charge in [0, 0.05) is 64.3 Å². The Balaban J connectivity index is 1.13. The number of aromatic hydroxyl groups is 1. The lowest BCUT2D eigenvalue weighted by atomic mass is 9.98. The molecule has 4 fully saturated rings. The molecule has 0 spiro atoms. The number of fused-ring (bicyclic) bond motifs is 1. The summed E-state index contributed by atoms with van der Waals surface area (Å²) in [6, 6.07) is 22.0. The Bertz CT molecular complexity index is 1750. The van der Waals surface area contributed by atoms with Crippen LogP contribution >= 0.6 is 0 Å². The van der Waals surface area contributed by atoms with Crippen molar-refractivity contribution < 1.29 is 19.5 Å². The van der Waals surface area contributed by atoms with Crippen molar-refractivity contribution in [2.75, 3.05) is 64.3 Å². The summed E-state index contributed by atoms with van der Waals surface area (Å²) in [5.41, 5.74) is 2.48. The molecule has 2 aromatic carbocycles. The number of nitrogens with zero attached hydrogens (tertiary/aromatic N) is 8. The van der Waals surface area contributed by atoms with Gasteiger partial charge in [0.05, 0.1) is 25.3 Å². The predicted octanol–water partition coefficient (Wildman–Crippen LogP) is 2.35. The second-order valence-electron chi connectivity index (χ2n) is 14.4. The molecule has 13 nitrogen and oxygen atoms in total. The molecular formula is C39H49N9O4. The van der Waals surface area contributed by atoms with Gasteiger partial charge in [-0.25, -0.2) is 19.8 Å². The lowest BCUT2D eigenvalue weighted by Gasteiger charge is -2.55. The monoisotopic (exact) mass is 707 g/mol. The number of aromatic nitrogens is 1. The van der Waals surface area contributed by atoms with Gasteiger partial charge in [0.1, 0.15) is 23.8 Å². The summed E-state index contributed by atoms with van der Waals surface area (Å²) in [5, 5.41) is 16.2. The van der Waals surface area contributed by atoms with E-state index in [0.29, 0.717) is 18.6 Å². The normalized spacial score (nSPS) is 23.4. The van der Waals surface area contributed by atoms with Crippen LogP contribution in [0.1, 0.15) is 23.7 Å². The van der Waals surface area contributed by atoms with Gasteiger partial charge in [-0.1, -0.05) is 54.6 Å². The molecule has 3 aromatic rings. The Kier molecular flexibility index (Phi) is 10.4. The Hall–Kier alpha value is -4.98. The maximum Gasteiger partial charge on any atom is 0.334 e. The average molecular weight is 708 g/mol. The molecule has 4 aliphatic heterocycles. The third-order valence-corrected chi connectivity index (χ3v) is 10.9. The predicted molar refractivity (Wildman–Crippen MR) is 198 cm³/mol. The first-order valence-electron chi connectivity index (χ1n) is 18.2. The Morgan fingerprint density at radius 2 is 1.73 bits per heavy atom. The number of rotatable bonds is 10. The molecule has 4 aliphatic rings. The molecule has 0 aliphatic carbocycles. The number of likely N-dealkylation sites (N-methyl/N-ethyl adjacent to an activating group) is 1. The summed E-state index contributed by atoms with van der Waals surface area (Å²) < 4.78 is 0. The molecule has 52 heavy (non-hydrogen) atoms. The van der Waals surface area contributed by atoms with Crippen molar-refractivity contribution in [3.63, 3.8) is 0 Å². The van der Waals surface area contributed by atoms with E-state index in [2.05, 4.69) is 40.6 Å². The molecule has 13 heteroatoms. The molecular weight excluding hydrogens is 658 g/mol. The van der Waals surface area contributed by atoms with Crippen molar-refractivity contribution in [2.24, 2.45) is 0 Å². The number of benzene rings is 2. The maximum atomic E-state index is 14.4. The molecule has 1 aromatic heterocycles. The zero-order chi connectivity index (χ0) is 36.4. The van der Waals surface area contributed by atoms with E-state index in [4.69, 9.17) is 4.98 Å². The highest BCUT2D eigenvalue weighted by atomic mass is 16.3. The van der Waals surface area contributed by atoms with Crippen molar-refractivity contribution >= 4 is 23.7 Å². The van der Waals surface area contributed by atoms with Gasteiger partial charge in [0.15, 0.2) is 0 Å². The molecule has 2 N–H and O–H groups in total. The van der Waals surface area contributed by atoms with Crippen LogP contribution in [0.3, 0.4) is 0 Å². The lowest BCUT2D eigenvalue weighted by molar-refractivity contribution is -0.189. The highest BCUT2D eigenvalue weighted by Gasteiger charge is 2.51. The van der Waals surface area contributed by atoms with Crippen molar-refractivity contribution in [1.29, 1.82) is 0 Å². The Morgan fingerprint density at radius 3 is 2.46 bits per heavy atom. The molecule has 4 amide bonds. The van der Waals surface area contributed by atoms with Gasteiger partial charge in [-0.05, 0) is 49.4 Å². The maximum absolute atomic E-state index is 14.4. The van der Waals surface area contributed by atoms with Crippen molar-refractivity contribution in [3.8, 4) is 5.75 Å². The van der Waals surface area contributed by atoms with E-state index < -0.39 is 12.2 Å². The second-order valence-corrected chi connectivity index (χ2v) is 14.4. The minimum Gasteiger partial charge on any atom is -0.508 e. The van der Waals surface area contributed by atoms with Gasteiger partial charge in [-0.3, -0.25) is 14.5 Å². The van der Waals surface area contributed by atoms with E-state index in [1.807, 2.05) is 48.5 Å². The van der Waals surface area contributed by atoms with E-state index in [1.165, 1.54) is 0 Å². The smallest absolute Gasteiger partial charge is 0.334 e. The van der Waals surface area contributed by atoms with Crippen LogP contribution in [-0.2, 0) is 29.1 Å². The Morgan fingerprint density at radius 1 is 0.962 bits per heavy atom. The van der Waals surface area contributed by atoms with E-state index >= 15 is 0 Å². The number of hydrogen-bond acceptors (Lipinski definition) is 9. The number of pyridine rings is 1. The van der Waals surface area contributed by atoms with Crippen LogP contribution in [0.2, 0.25) is 0 Å². The fraction of sp³-hybridized carbons (Fsp3) is 0.436. The summed E-state index contributed by atoms with van der Waals surface area (Å²) in [6.45, 7) is 12.0. The molecule has 0 unspecified atom stereocenters. The number of carbonyl (C=O) groups excluding carboxylic acids is 3. The van der Waals surface area contributed by atoms with Crippen LogP contribution in [0, 0.1) is 0 Å². The van der Waals surface area contributed by atoms with Crippen LogP contribution in [0.25, 0.3) is 0 Å². The van der Waals surface area contributed by atoms with E-state index in [1.54, 1.807) is 50.2 Å². The van der Waals surface area contributed by atoms with Crippen molar-refractivity contribution in [1.82, 2.24) is 39.9 Å². The first-order chi connectivity index (χ1) is 25.2. The highest BCUT2D eigenvalue weighted by molar-refractivity contribution is 5.91. The third kappa shape index (κ3) is 7.48. The van der Waals surface area contributed by atoms with Gasteiger partial charge >= 0.3 is 6.03 Å². The number of amides is 4. The number of hydrazine groups is 1. The van der Waals surface area contributed by atoms with Crippen LogP contribution < -0.4 is 10.2 Å². The molecule has 274 valence electrons. The van der Waals surface area contributed by atoms with E-state index in [9.17, 15) is 19.5 Å². The number of nitrogens with one attached hydrogen (secondary N) is 1. The van der Waals surface area contributed by atoms with Gasteiger partial charge in [0.2, 0.25) is 11.8 Å². The lowest BCUT2D eigenvalue weighted by Crippen LogP contribution is -2.76. The molecule has 0 saturated carbocycles. The summed E-state index contributed by atoms with van der Waals surface area (Å²) in [7, 11) is 2.19. The van der Waals surface area contributed by atoms with Crippen LogP contribution in [0.4, 0.5) is 10.6 Å². The molecule has 3 atom stereocenters. The molecule has 0 radical (unpaired) electrons. The van der Waals surface area contributed by atoms with Crippen LogP contribution in [-0.4, -0.2) is 141 Å². The van der Waals surface area contributed by atoms with Gasteiger partial charge in [-0.15, -0.1) is 6.58 Å². The summed E-state index contributed by atoms with van der Waals surface area (Å²) in [5.74, 6) is 0.554. The SMILES string of the molecule is C=CCN1CC(=O)N2[C@@H](Cc3ccc(O)cc3)C(=O)N(Cc3cccc(N4CC(N5CCN(C)[C@H](C)C5)C4)n3)C[C@@H]2N1C(=O)NCc1ccccc1. The molecule has 5 heterocycles. The topological polar surface area (TPSA) is 119 Å². The molecule has 4 saturated heterocycles. The van der Waals surface area contributed by atoms with Crippen LogP contribution in [0.5, 0.6) is 5.75 Å². The van der Waals surface area contributed by atoms with Gasteiger partial charge < -0.3 is 30.0 Å². The average Bonchev–Trinajstić information content (AvgIpc) is 3.11. The highest BCUT2D eigenvalue weighted by Crippen LogP contribution is 2.30. The molecule has 7 rings (SSSR count). The quantitative estimate of drug-likeness (QED) is 0.307. The van der Waals surface area contributed by atoms with Gasteiger partial charge in [0.25, 0.3) is 0 Å². The third-order valence-electron chi connectivity index (χ3n) is 10.9. The number of urea groups is 1. The van der Waals surface area contributed by atoms with Crippen LogP contribution in [0.15, 0.2) is 85.5 Å². The largest absolute Gasteiger partial charge is 0.508 e. The summed E-state index contributed by atoms with van der Waals surface area (Å²) >= 11 is 0. The fourth-order valence-electron chi connectivity index (χ4n) is 7.76. The first-order valence-corrected chi connectivity index (χ1v) is 18.2. The minimum atomic E-state index is -0.864. The fourth-order valence-corrected chi connectivity index (χ4v) is 7.76. The summed E-state index contributed by atoms with van der Waals surface area (Å²) in [6.07, 6.45) is 1.13. The zero-order valence-corrected chi connectivity index (χ0v) is 30.0. The number of anilines is 1. The number of piperazine rings is 2. The number of phenolic OH excluding ortho intramolecular Hbond substituents is 1. The Labute approximate surface area is 305 Å². The van der Waals surface area contributed by atoms with E-state index in [0.717, 1.165) is 55.4 Å². The number of carbonyl (C=O) groups is 3. The first kappa shape index (κ1) is 35.4. The standard InChI is InChI=1S/C39H49N9O4/c1-4-17-46-27-37(50)47-34(20-29-13-15-33(49)16-14-29)38(51)45(26-36(47)48(46)39(52)40-21-30-9-6-5-7-10-30)23-31-11-8-12-35(41-31)44-24-32(25-44)43-19-18-42(3)28(2)22-43/h4-16,28,32,34,36,49H,1,17-27H2,2-3H3,(H,40,52)/t28-,34+,36+/m1/s1. The van der Waals surface area contributed by atoms with Crippen molar-refractivity contribution in [2.45, 2.75) is 50.7 Å². The van der Waals surface area contributed by atoms with E-state index in [-0.39, 0.29) is 56.2 Å².